The number of fused-ring (bicyclic) bond motifs is 1. The van der Waals surface area contributed by atoms with Crippen molar-refractivity contribution in [3.05, 3.63) is 81.0 Å². The van der Waals surface area contributed by atoms with Crippen molar-refractivity contribution < 1.29 is 24.0 Å². The van der Waals surface area contributed by atoms with E-state index in [1.54, 1.807) is 54.6 Å². The van der Waals surface area contributed by atoms with E-state index >= 15 is 0 Å². The summed E-state index contributed by atoms with van der Waals surface area (Å²) in [6, 6.07) is 14.3. The maximum Gasteiger partial charge on any atom is 0.265 e. The first-order valence-corrected chi connectivity index (χ1v) is 10.2. The highest BCUT2D eigenvalue weighted by Gasteiger charge is 2.30. The molecule has 1 aliphatic heterocycles. The van der Waals surface area contributed by atoms with E-state index in [2.05, 4.69) is 10.6 Å². The average Bonchev–Trinajstić information content (AvgIpc) is 3.37. The van der Waals surface area contributed by atoms with Gasteiger partial charge in [0.05, 0.1) is 9.75 Å². The molecular formula is C23H16N2O5S. The predicted octanol–water partition coefficient (Wildman–Crippen LogP) is 3.67. The molecule has 2 amide bonds. The Hall–Kier alpha value is -3.91. The minimum absolute atomic E-state index is 0.0975. The quantitative estimate of drug-likeness (QED) is 0.351. The highest BCUT2D eigenvalue weighted by molar-refractivity contribution is 7.16. The van der Waals surface area contributed by atoms with E-state index in [-0.39, 0.29) is 17.5 Å². The molecule has 0 saturated carbocycles. The maximum absolute atomic E-state index is 12.8. The molecular weight excluding hydrogens is 416 g/mol. The van der Waals surface area contributed by atoms with Crippen LogP contribution in [0.5, 0.6) is 0 Å². The molecule has 1 unspecified atom stereocenters. The van der Waals surface area contributed by atoms with E-state index in [0.29, 0.717) is 44.1 Å². The molecule has 31 heavy (non-hydrogen) atoms. The fourth-order valence-corrected chi connectivity index (χ4v) is 4.07. The molecule has 3 aromatic rings. The molecule has 2 aromatic carbocycles. The largest absolute Gasteiger partial charge is 0.325 e. The van der Waals surface area contributed by atoms with Crippen LogP contribution in [0.15, 0.2) is 54.6 Å². The molecule has 1 atom stereocenters. The van der Waals surface area contributed by atoms with Crippen LogP contribution >= 0.6 is 11.3 Å². The summed E-state index contributed by atoms with van der Waals surface area (Å²) in [5.74, 6) is -1.95. The Balaban J connectivity index is 1.48. The standard InChI is InChI=1S/C23H16N2O5S/c1-12(27)19-8-9-20(31-19)23(30)24-15-5-2-13(3-6-15)21(28)14-4-7-16-17(11-26)22(29)25-18(16)10-14/h2-11,17H,1H3,(H,24,30)(H,25,29). The molecule has 4 rings (SSSR count). The molecule has 0 fully saturated rings. The summed E-state index contributed by atoms with van der Waals surface area (Å²) in [6.45, 7) is 1.44. The zero-order valence-corrected chi connectivity index (χ0v) is 17.1. The van der Waals surface area contributed by atoms with Gasteiger partial charge in [-0.15, -0.1) is 11.3 Å². The third kappa shape index (κ3) is 3.93. The molecule has 0 saturated heterocycles. The Morgan fingerprint density at radius 3 is 2.29 bits per heavy atom. The van der Waals surface area contributed by atoms with Crippen LogP contribution in [0.25, 0.3) is 0 Å². The van der Waals surface area contributed by atoms with Crippen LogP contribution in [0.2, 0.25) is 0 Å². The topological polar surface area (TPSA) is 109 Å². The van der Waals surface area contributed by atoms with Crippen LogP contribution in [0, 0.1) is 0 Å². The third-order valence-corrected chi connectivity index (χ3v) is 6.09. The molecule has 1 aliphatic rings. The predicted molar refractivity (Wildman–Crippen MR) is 116 cm³/mol. The fraction of sp³-hybridized carbons (Fsp3) is 0.0870. The van der Waals surface area contributed by atoms with Crippen LogP contribution in [0.4, 0.5) is 11.4 Å². The van der Waals surface area contributed by atoms with Crippen molar-refractivity contribution in [2.75, 3.05) is 10.6 Å². The van der Waals surface area contributed by atoms with Gasteiger partial charge < -0.3 is 15.4 Å². The van der Waals surface area contributed by atoms with Gasteiger partial charge in [-0.1, -0.05) is 12.1 Å². The second kappa shape index (κ2) is 8.08. The molecule has 0 aliphatic carbocycles. The van der Waals surface area contributed by atoms with Gasteiger partial charge in [0.2, 0.25) is 5.91 Å². The van der Waals surface area contributed by atoms with E-state index in [0.717, 1.165) is 11.3 Å². The molecule has 0 bridgehead atoms. The van der Waals surface area contributed by atoms with Gasteiger partial charge in [0.25, 0.3) is 5.91 Å². The van der Waals surface area contributed by atoms with Crippen LogP contribution in [0.3, 0.4) is 0 Å². The second-order valence-corrected chi connectivity index (χ2v) is 8.07. The molecule has 2 heterocycles. The molecule has 1 aromatic heterocycles. The summed E-state index contributed by atoms with van der Waals surface area (Å²) < 4.78 is 0. The first-order chi connectivity index (χ1) is 14.9. The molecule has 7 nitrogen and oxygen atoms in total. The van der Waals surface area contributed by atoms with Crippen molar-refractivity contribution in [1.82, 2.24) is 0 Å². The van der Waals surface area contributed by atoms with Crippen molar-refractivity contribution in [2.24, 2.45) is 0 Å². The third-order valence-electron chi connectivity index (χ3n) is 4.91. The SMILES string of the molecule is CC(=O)c1ccc(C(=O)Nc2ccc(C(=O)c3ccc4c(c3)NC(=O)C4C=O)cc2)s1. The lowest BCUT2D eigenvalue weighted by atomic mass is 9.97. The molecule has 2 N–H and O–H groups in total. The van der Waals surface area contributed by atoms with Gasteiger partial charge in [-0.05, 0) is 55.0 Å². The Morgan fingerprint density at radius 1 is 0.968 bits per heavy atom. The number of hydrogen-bond acceptors (Lipinski definition) is 6. The van der Waals surface area contributed by atoms with Crippen molar-refractivity contribution in [1.29, 1.82) is 0 Å². The Bertz CT molecular complexity index is 1240. The van der Waals surface area contributed by atoms with Gasteiger partial charge in [-0.3, -0.25) is 19.2 Å². The van der Waals surface area contributed by atoms with Gasteiger partial charge in [0.15, 0.2) is 11.6 Å². The Kier molecular flexibility index (Phi) is 5.31. The summed E-state index contributed by atoms with van der Waals surface area (Å²) in [4.78, 5) is 60.3. The summed E-state index contributed by atoms with van der Waals surface area (Å²) in [5.41, 5.74) is 2.30. The number of hydrogen-bond donors (Lipinski definition) is 2. The minimum Gasteiger partial charge on any atom is -0.325 e. The number of ketones is 2. The van der Waals surface area contributed by atoms with E-state index in [1.165, 1.54) is 6.92 Å². The molecule has 0 spiro atoms. The monoisotopic (exact) mass is 432 g/mol. The van der Waals surface area contributed by atoms with Crippen molar-refractivity contribution in [3.8, 4) is 0 Å². The Labute approximate surface area is 181 Å². The zero-order valence-electron chi connectivity index (χ0n) is 16.3. The lowest BCUT2D eigenvalue weighted by Crippen LogP contribution is -2.12. The fourth-order valence-electron chi connectivity index (χ4n) is 3.28. The Morgan fingerprint density at radius 2 is 1.65 bits per heavy atom. The van der Waals surface area contributed by atoms with Crippen molar-refractivity contribution in [2.45, 2.75) is 12.8 Å². The number of carbonyl (C=O) groups is 5. The maximum atomic E-state index is 12.8. The van der Waals surface area contributed by atoms with E-state index < -0.39 is 11.8 Å². The first kappa shape index (κ1) is 20.4. The highest BCUT2D eigenvalue weighted by atomic mass is 32.1. The minimum atomic E-state index is -0.850. The molecule has 0 radical (unpaired) electrons. The van der Waals surface area contributed by atoms with E-state index in [4.69, 9.17) is 0 Å². The zero-order chi connectivity index (χ0) is 22.1. The number of amides is 2. The lowest BCUT2D eigenvalue weighted by Gasteiger charge is -2.07. The van der Waals surface area contributed by atoms with E-state index in [1.807, 2.05) is 0 Å². The number of nitrogens with one attached hydrogen (secondary N) is 2. The van der Waals surface area contributed by atoms with Crippen LogP contribution in [0.1, 0.15) is 53.7 Å². The van der Waals surface area contributed by atoms with Gasteiger partial charge in [0.1, 0.15) is 12.2 Å². The van der Waals surface area contributed by atoms with Crippen LogP contribution in [-0.4, -0.2) is 29.7 Å². The van der Waals surface area contributed by atoms with Gasteiger partial charge in [-0.2, -0.15) is 0 Å². The van der Waals surface area contributed by atoms with Gasteiger partial charge >= 0.3 is 0 Å². The summed E-state index contributed by atoms with van der Waals surface area (Å²) in [5, 5.41) is 5.34. The number of Topliss-reactive ketones (excluding diaryl/α,β-unsaturated/α-hetero) is 1. The number of carbonyl (C=O) groups excluding carboxylic acids is 5. The number of anilines is 2. The summed E-state index contributed by atoms with van der Waals surface area (Å²) >= 11 is 1.12. The summed E-state index contributed by atoms with van der Waals surface area (Å²) in [7, 11) is 0. The average molecular weight is 432 g/mol. The van der Waals surface area contributed by atoms with Crippen molar-refractivity contribution in [3.63, 3.8) is 0 Å². The van der Waals surface area contributed by atoms with E-state index in [9.17, 15) is 24.0 Å². The van der Waals surface area contributed by atoms with Crippen LogP contribution in [-0.2, 0) is 9.59 Å². The molecule has 154 valence electrons. The number of thiophene rings is 1. The summed E-state index contributed by atoms with van der Waals surface area (Å²) in [6.07, 6.45) is 0.576. The van der Waals surface area contributed by atoms with Gasteiger partial charge in [-0.25, -0.2) is 0 Å². The van der Waals surface area contributed by atoms with Crippen LogP contribution < -0.4 is 10.6 Å². The first-order valence-electron chi connectivity index (χ1n) is 9.34. The number of aldehydes is 1. The van der Waals surface area contributed by atoms with Gasteiger partial charge in [0, 0.05) is 22.5 Å². The smallest absolute Gasteiger partial charge is 0.265 e. The lowest BCUT2D eigenvalue weighted by molar-refractivity contribution is -0.121. The second-order valence-electron chi connectivity index (χ2n) is 6.99. The highest BCUT2D eigenvalue weighted by Crippen LogP contribution is 2.32. The molecule has 8 heteroatoms. The van der Waals surface area contributed by atoms with Crippen molar-refractivity contribution >= 4 is 52.4 Å². The normalized spacial score (nSPS) is 14.5. The number of benzene rings is 2. The number of rotatable bonds is 6.